The van der Waals surface area contributed by atoms with Crippen LogP contribution >= 0.6 is 0 Å². The largest absolute Gasteiger partial charge is 0.444 e. The van der Waals surface area contributed by atoms with Crippen molar-refractivity contribution in [2.24, 2.45) is 0 Å². The molecule has 0 aliphatic heterocycles. The SMILES string of the molecule is C=CCCN(CC=C)C(=O)OC(C)(C)C. The summed E-state index contributed by atoms with van der Waals surface area (Å²) in [6, 6.07) is 0. The highest BCUT2D eigenvalue weighted by atomic mass is 16.6. The maximum atomic E-state index is 11.7. The second-order valence-electron chi connectivity index (χ2n) is 4.29. The van der Waals surface area contributed by atoms with Crippen molar-refractivity contribution < 1.29 is 9.53 Å². The molecule has 0 radical (unpaired) electrons. The molecule has 86 valence electrons. The molecule has 0 atom stereocenters. The minimum atomic E-state index is -0.454. The molecule has 0 aliphatic rings. The van der Waals surface area contributed by atoms with Gasteiger partial charge in [-0.1, -0.05) is 12.2 Å². The summed E-state index contributed by atoms with van der Waals surface area (Å²) in [6.45, 7) is 13.9. The Morgan fingerprint density at radius 1 is 1.33 bits per heavy atom. The highest BCUT2D eigenvalue weighted by molar-refractivity contribution is 5.68. The van der Waals surface area contributed by atoms with Crippen LogP contribution in [0.2, 0.25) is 0 Å². The van der Waals surface area contributed by atoms with Gasteiger partial charge in [0.1, 0.15) is 5.60 Å². The van der Waals surface area contributed by atoms with Crippen molar-refractivity contribution in [1.29, 1.82) is 0 Å². The summed E-state index contributed by atoms with van der Waals surface area (Å²) >= 11 is 0. The first kappa shape index (κ1) is 13.8. The standard InChI is InChI=1S/C12H21NO2/c1-6-8-10-13(9-7-2)11(14)15-12(3,4)5/h6-7H,1-2,8-10H2,3-5H3. The van der Waals surface area contributed by atoms with Gasteiger partial charge in [-0.05, 0) is 27.2 Å². The topological polar surface area (TPSA) is 29.5 Å². The van der Waals surface area contributed by atoms with Gasteiger partial charge in [0.2, 0.25) is 0 Å². The van der Waals surface area contributed by atoms with Crippen LogP contribution < -0.4 is 0 Å². The lowest BCUT2D eigenvalue weighted by Gasteiger charge is -2.26. The zero-order valence-electron chi connectivity index (χ0n) is 9.95. The summed E-state index contributed by atoms with van der Waals surface area (Å²) in [7, 11) is 0. The van der Waals surface area contributed by atoms with E-state index in [0.29, 0.717) is 13.1 Å². The van der Waals surface area contributed by atoms with Gasteiger partial charge in [-0.2, -0.15) is 0 Å². The Kier molecular flexibility index (Phi) is 5.75. The predicted octanol–water partition coefficient (Wildman–Crippen LogP) is 2.99. The van der Waals surface area contributed by atoms with E-state index in [2.05, 4.69) is 13.2 Å². The van der Waals surface area contributed by atoms with E-state index in [4.69, 9.17) is 4.74 Å². The van der Waals surface area contributed by atoms with Crippen LogP contribution in [0.15, 0.2) is 25.3 Å². The normalized spacial score (nSPS) is 10.6. The Morgan fingerprint density at radius 3 is 2.33 bits per heavy atom. The molecule has 3 nitrogen and oxygen atoms in total. The predicted molar refractivity (Wildman–Crippen MR) is 62.8 cm³/mol. The zero-order chi connectivity index (χ0) is 11.9. The number of nitrogens with zero attached hydrogens (tertiary/aromatic N) is 1. The van der Waals surface area contributed by atoms with Crippen LogP contribution in [-0.2, 0) is 4.74 Å². The molecule has 0 aromatic carbocycles. The fourth-order valence-corrected chi connectivity index (χ4v) is 0.987. The molecule has 0 fully saturated rings. The Labute approximate surface area is 92.4 Å². The van der Waals surface area contributed by atoms with Crippen LogP contribution in [0, 0.1) is 0 Å². The fraction of sp³-hybridized carbons (Fsp3) is 0.583. The van der Waals surface area contributed by atoms with Crippen LogP contribution in [0.1, 0.15) is 27.2 Å². The van der Waals surface area contributed by atoms with Crippen molar-refractivity contribution in [3.8, 4) is 0 Å². The first-order valence-electron chi connectivity index (χ1n) is 5.10. The quantitative estimate of drug-likeness (QED) is 0.654. The van der Waals surface area contributed by atoms with E-state index < -0.39 is 5.60 Å². The number of rotatable bonds is 5. The van der Waals surface area contributed by atoms with E-state index in [0.717, 1.165) is 6.42 Å². The molecule has 0 aromatic rings. The second kappa shape index (κ2) is 6.27. The van der Waals surface area contributed by atoms with Crippen molar-refractivity contribution in [3.05, 3.63) is 25.3 Å². The monoisotopic (exact) mass is 211 g/mol. The number of carbonyl (C=O) groups is 1. The Balaban J connectivity index is 4.27. The first-order chi connectivity index (χ1) is 6.90. The third-order valence-corrected chi connectivity index (χ3v) is 1.60. The Morgan fingerprint density at radius 2 is 1.93 bits per heavy atom. The fourth-order valence-electron chi connectivity index (χ4n) is 0.987. The van der Waals surface area contributed by atoms with Crippen LogP contribution in [0.4, 0.5) is 4.79 Å². The molecular weight excluding hydrogens is 190 g/mol. The first-order valence-corrected chi connectivity index (χ1v) is 5.10. The van der Waals surface area contributed by atoms with Gasteiger partial charge in [0.25, 0.3) is 0 Å². The minimum absolute atomic E-state index is 0.302. The highest BCUT2D eigenvalue weighted by Gasteiger charge is 2.20. The van der Waals surface area contributed by atoms with Gasteiger partial charge in [0.05, 0.1) is 0 Å². The van der Waals surface area contributed by atoms with Gasteiger partial charge in [-0.15, -0.1) is 13.2 Å². The summed E-state index contributed by atoms with van der Waals surface area (Å²) in [5.74, 6) is 0. The maximum absolute atomic E-state index is 11.7. The van der Waals surface area contributed by atoms with Gasteiger partial charge in [0, 0.05) is 13.1 Å². The van der Waals surface area contributed by atoms with Crippen molar-refractivity contribution in [1.82, 2.24) is 4.90 Å². The summed E-state index contributed by atoms with van der Waals surface area (Å²) in [5, 5.41) is 0. The number of ether oxygens (including phenoxy) is 1. The molecular formula is C12H21NO2. The molecule has 0 saturated carbocycles. The van der Waals surface area contributed by atoms with Crippen molar-refractivity contribution in [3.63, 3.8) is 0 Å². The van der Waals surface area contributed by atoms with E-state index in [1.165, 1.54) is 0 Å². The minimum Gasteiger partial charge on any atom is -0.444 e. The zero-order valence-corrected chi connectivity index (χ0v) is 9.95. The molecule has 0 rings (SSSR count). The Hall–Kier alpha value is -1.25. The van der Waals surface area contributed by atoms with E-state index >= 15 is 0 Å². The van der Waals surface area contributed by atoms with Crippen molar-refractivity contribution in [2.75, 3.05) is 13.1 Å². The maximum Gasteiger partial charge on any atom is 0.410 e. The van der Waals surface area contributed by atoms with Gasteiger partial charge in [-0.3, -0.25) is 0 Å². The lowest BCUT2D eigenvalue weighted by molar-refractivity contribution is 0.0275. The van der Waals surface area contributed by atoms with Crippen LogP contribution in [0.5, 0.6) is 0 Å². The third-order valence-electron chi connectivity index (χ3n) is 1.60. The molecule has 0 heterocycles. The molecule has 3 heteroatoms. The van der Waals surface area contributed by atoms with Crippen LogP contribution in [0.25, 0.3) is 0 Å². The Bertz CT molecular complexity index is 228. The molecule has 0 aromatic heterocycles. The number of carbonyl (C=O) groups excluding carboxylic acids is 1. The van der Waals surface area contributed by atoms with Crippen LogP contribution in [-0.4, -0.2) is 29.7 Å². The third kappa shape index (κ3) is 6.77. The van der Waals surface area contributed by atoms with Gasteiger partial charge < -0.3 is 9.64 Å². The summed E-state index contributed by atoms with van der Waals surface area (Å²) < 4.78 is 5.25. The number of amides is 1. The molecule has 0 spiro atoms. The lowest BCUT2D eigenvalue weighted by Crippen LogP contribution is -2.37. The van der Waals surface area contributed by atoms with E-state index in [1.54, 1.807) is 17.1 Å². The highest BCUT2D eigenvalue weighted by Crippen LogP contribution is 2.10. The molecule has 0 aliphatic carbocycles. The van der Waals surface area contributed by atoms with Gasteiger partial charge in [0.15, 0.2) is 0 Å². The van der Waals surface area contributed by atoms with Gasteiger partial charge >= 0.3 is 6.09 Å². The molecule has 0 unspecified atom stereocenters. The van der Waals surface area contributed by atoms with E-state index in [9.17, 15) is 4.79 Å². The van der Waals surface area contributed by atoms with E-state index in [-0.39, 0.29) is 6.09 Å². The number of hydrogen-bond acceptors (Lipinski definition) is 2. The summed E-state index contributed by atoms with van der Waals surface area (Å²) in [4.78, 5) is 13.3. The molecule has 0 N–H and O–H groups in total. The summed E-state index contributed by atoms with van der Waals surface area (Å²) in [5.41, 5.74) is -0.454. The van der Waals surface area contributed by atoms with Crippen molar-refractivity contribution >= 4 is 6.09 Å². The number of hydrogen-bond donors (Lipinski definition) is 0. The van der Waals surface area contributed by atoms with Crippen molar-refractivity contribution in [2.45, 2.75) is 32.8 Å². The van der Waals surface area contributed by atoms with Gasteiger partial charge in [-0.25, -0.2) is 4.79 Å². The average molecular weight is 211 g/mol. The molecule has 1 amide bonds. The second-order valence-corrected chi connectivity index (χ2v) is 4.29. The molecule has 15 heavy (non-hydrogen) atoms. The van der Waals surface area contributed by atoms with Crippen LogP contribution in [0.3, 0.4) is 0 Å². The summed E-state index contributed by atoms with van der Waals surface area (Å²) in [6.07, 6.45) is 3.92. The smallest absolute Gasteiger partial charge is 0.410 e. The lowest BCUT2D eigenvalue weighted by atomic mass is 10.2. The molecule has 0 saturated heterocycles. The van der Waals surface area contributed by atoms with E-state index in [1.807, 2.05) is 20.8 Å². The molecule has 0 bridgehead atoms. The average Bonchev–Trinajstić information content (AvgIpc) is 2.09.